The van der Waals surface area contributed by atoms with E-state index in [1.165, 1.54) is 0 Å². The molecule has 1 atom stereocenters. The van der Waals surface area contributed by atoms with Gasteiger partial charge in [0, 0.05) is 26.0 Å². The number of benzene rings is 1. The van der Waals surface area contributed by atoms with Crippen LogP contribution in [0, 0.1) is 11.6 Å². The number of nitrogens with zero attached hydrogens (tertiary/aromatic N) is 3. The van der Waals surface area contributed by atoms with Gasteiger partial charge in [0.1, 0.15) is 17.5 Å². The average Bonchev–Trinajstić information content (AvgIpc) is 2.88. The summed E-state index contributed by atoms with van der Waals surface area (Å²) in [7, 11) is 1.71. The second-order valence-corrected chi connectivity index (χ2v) is 6.61. The van der Waals surface area contributed by atoms with Crippen molar-refractivity contribution >= 4 is 29.3 Å². The third kappa shape index (κ3) is 4.99. The first-order valence-electron chi connectivity index (χ1n) is 7.37. The van der Waals surface area contributed by atoms with Crippen LogP contribution in [-0.4, -0.2) is 31.8 Å². The van der Waals surface area contributed by atoms with E-state index in [9.17, 15) is 18.4 Å². The van der Waals surface area contributed by atoms with Crippen molar-refractivity contribution in [3.05, 3.63) is 35.7 Å². The molecule has 0 aliphatic rings. The van der Waals surface area contributed by atoms with Gasteiger partial charge >= 0.3 is 0 Å². The minimum absolute atomic E-state index is 0.0982. The SMILES string of the molecule is C[C@@H](Sc1nnc(CCC(N)=O)n1C)C(=O)Nc1ccc(F)cc1F. The summed E-state index contributed by atoms with van der Waals surface area (Å²) in [5, 5.41) is 10.2. The number of halogens is 2. The average molecular weight is 369 g/mol. The molecule has 10 heteroatoms. The van der Waals surface area contributed by atoms with Crippen LogP contribution in [0.3, 0.4) is 0 Å². The Bertz CT molecular complexity index is 796. The maximum absolute atomic E-state index is 13.6. The highest BCUT2D eigenvalue weighted by Gasteiger charge is 2.20. The van der Waals surface area contributed by atoms with Gasteiger partial charge in [-0.1, -0.05) is 11.8 Å². The number of anilines is 1. The lowest BCUT2D eigenvalue weighted by molar-refractivity contribution is -0.118. The fourth-order valence-electron chi connectivity index (χ4n) is 1.94. The number of carbonyl (C=O) groups excluding carboxylic acids is 2. The zero-order valence-corrected chi connectivity index (χ0v) is 14.4. The third-order valence-corrected chi connectivity index (χ3v) is 4.49. The van der Waals surface area contributed by atoms with Gasteiger partial charge in [0.2, 0.25) is 11.8 Å². The van der Waals surface area contributed by atoms with Crippen molar-refractivity contribution in [1.82, 2.24) is 14.8 Å². The first kappa shape index (κ1) is 18.8. The summed E-state index contributed by atoms with van der Waals surface area (Å²) in [5.74, 6) is -1.90. The molecule has 2 rings (SSSR count). The zero-order valence-electron chi connectivity index (χ0n) is 13.6. The molecular weight excluding hydrogens is 352 g/mol. The van der Waals surface area contributed by atoms with Gasteiger partial charge in [-0.25, -0.2) is 8.78 Å². The fourth-order valence-corrected chi connectivity index (χ4v) is 2.77. The summed E-state index contributed by atoms with van der Waals surface area (Å²) in [6, 6.07) is 2.91. The maximum Gasteiger partial charge on any atom is 0.237 e. The van der Waals surface area contributed by atoms with Crippen molar-refractivity contribution in [2.45, 2.75) is 30.2 Å². The zero-order chi connectivity index (χ0) is 18.6. The Labute approximate surface area is 147 Å². The van der Waals surface area contributed by atoms with Gasteiger partial charge in [-0.15, -0.1) is 10.2 Å². The molecule has 2 amide bonds. The number of aromatic nitrogens is 3. The van der Waals surface area contributed by atoms with Gasteiger partial charge in [0.25, 0.3) is 0 Å². The van der Waals surface area contributed by atoms with Crippen LogP contribution in [0.4, 0.5) is 14.5 Å². The second-order valence-electron chi connectivity index (χ2n) is 5.30. The van der Waals surface area contributed by atoms with E-state index in [-0.39, 0.29) is 12.1 Å². The number of hydrogen-bond acceptors (Lipinski definition) is 5. The van der Waals surface area contributed by atoms with E-state index in [1.54, 1.807) is 18.5 Å². The molecule has 2 aromatic rings. The van der Waals surface area contributed by atoms with Crippen LogP contribution in [0.2, 0.25) is 0 Å². The van der Waals surface area contributed by atoms with Crippen molar-refractivity contribution in [1.29, 1.82) is 0 Å². The highest BCUT2D eigenvalue weighted by atomic mass is 32.2. The lowest BCUT2D eigenvalue weighted by Gasteiger charge is -2.12. The summed E-state index contributed by atoms with van der Waals surface area (Å²) in [4.78, 5) is 23.0. The van der Waals surface area contributed by atoms with Gasteiger partial charge in [-0.3, -0.25) is 9.59 Å². The number of amides is 2. The van der Waals surface area contributed by atoms with E-state index in [0.29, 0.717) is 23.5 Å². The number of aryl methyl sites for hydroxylation is 1. The second kappa shape index (κ2) is 8.06. The highest BCUT2D eigenvalue weighted by molar-refractivity contribution is 8.00. The highest BCUT2D eigenvalue weighted by Crippen LogP contribution is 2.23. The molecule has 25 heavy (non-hydrogen) atoms. The van der Waals surface area contributed by atoms with E-state index < -0.39 is 28.7 Å². The van der Waals surface area contributed by atoms with Crippen LogP contribution in [0.5, 0.6) is 0 Å². The van der Waals surface area contributed by atoms with Crippen molar-refractivity contribution in [2.75, 3.05) is 5.32 Å². The molecular formula is C15H17F2N5O2S. The molecule has 0 aliphatic carbocycles. The Morgan fingerprint density at radius 1 is 1.36 bits per heavy atom. The first-order valence-corrected chi connectivity index (χ1v) is 8.25. The van der Waals surface area contributed by atoms with Gasteiger partial charge in [-0.05, 0) is 19.1 Å². The quantitative estimate of drug-likeness (QED) is 0.722. The van der Waals surface area contributed by atoms with Crippen LogP contribution in [0.25, 0.3) is 0 Å². The number of rotatable bonds is 7. The Balaban J connectivity index is 2.00. The minimum atomic E-state index is -0.849. The molecule has 0 saturated heterocycles. The molecule has 7 nitrogen and oxygen atoms in total. The van der Waals surface area contributed by atoms with Crippen LogP contribution >= 0.6 is 11.8 Å². The molecule has 0 aliphatic heterocycles. The normalized spacial score (nSPS) is 12.0. The van der Waals surface area contributed by atoms with Crippen LogP contribution in [0.1, 0.15) is 19.2 Å². The Morgan fingerprint density at radius 3 is 2.72 bits per heavy atom. The first-order chi connectivity index (χ1) is 11.8. The van der Waals surface area contributed by atoms with E-state index in [0.717, 1.165) is 23.9 Å². The number of thioether (sulfide) groups is 1. The fraction of sp³-hybridized carbons (Fsp3) is 0.333. The Hall–Kier alpha value is -2.49. The molecule has 134 valence electrons. The van der Waals surface area contributed by atoms with Gasteiger partial charge < -0.3 is 15.6 Å². The van der Waals surface area contributed by atoms with E-state index in [4.69, 9.17) is 5.73 Å². The van der Waals surface area contributed by atoms with Gasteiger partial charge in [0.05, 0.1) is 10.9 Å². The summed E-state index contributed by atoms with van der Waals surface area (Å²) in [5.41, 5.74) is 5.01. The number of nitrogens with one attached hydrogen (secondary N) is 1. The number of primary amides is 1. The topological polar surface area (TPSA) is 103 Å². The van der Waals surface area contributed by atoms with E-state index >= 15 is 0 Å². The lowest BCUT2D eigenvalue weighted by Crippen LogP contribution is -2.23. The summed E-state index contributed by atoms with van der Waals surface area (Å²) >= 11 is 1.13. The van der Waals surface area contributed by atoms with Crippen molar-refractivity contribution < 1.29 is 18.4 Å². The van der Waals surface area contributed by atoms with Gasteiger partial charge in [-0.2, -0.15) is 0 Å². The predicted molar refractivity (Wildman–Crippen MR) is 88.8 cm³/mol. The molecule has 3 N–H and O–H groups in total. The Kier molecular flexibility index (Phi) is 6.07. The smallest absolute Gasteiger partial charge is 0.237 e. The third-order valence-electron chi connectivity index (χ3n) is 3.36. The minimum Gasteiger partial charge on any atom is -0.370 e. The Morgan fingerprint density at radius 2 is 2.08 bits per heavy atom. The molecule has 1 heterocycles. The monoisotopic (exact) mass is 369 g/mol. The number of hydrogen-bond donors (Lipinski definition) is 2. The number of carbonyl (C=O) groups is 2. The van der Waals surface area contributed by atoms with Crippen LogP contribution in [0.15, 0.2) is 23.4 Å². The van der Waals surface area contributed by atoms with E-state index in [2.05, 4.69) is 15.5 Å². The molecule has 0 fully saturated rings. The standard InChI is InChI=1S/C15H17F2N5O2S/c1-8(14(24)19-11-4-3-9(16)7-10(11)17)25-15-21-20-13(22(15)2)6-5-12(18)23/h3-4,7-8H,5-6H2,1-2H3,(H2,18,23)(H,19,24)/t8-/m1/s1. The van der Waals surface area contributed by atoms with Crippen LogP contribution in [-0.2, 0) is 23.1 Å². The molecule has 0 radical (unpaired) electrons. The van der Waals surface area contributed by atoms with Crippen molar-refractivity contribution in [3.63, 3.8) is 0 Å². The molecule has 1 aromatic heterocycles. The summed E-state index contributed by atoms with van der Waals surface area (Å²) in [6.07, 6.45) is 0.497. The van der Waals surface area contributed by atoms with E-state index in [1.807, 2.05) is 0 Å². The summed E-state index contributed by atoms with van der Waals surface area (Å²) < 4.78 is 28.1. The molecule has 1 aromatic carbocycles. The molecule has 0 spiro atoms. The van der Waals surface area contributed by atoms with Gasteiger partial charge in [0.15, 0.2) is 5.16 Å². The summed E-state index contributed by atoms with van der Waals surface area (Å²) in [6.45, 7) is 1.62. The molecule has 0 saturated carbocycles. The largest absolute Gasteiger partial charge is 0.370 e. The maximum atomic E-state index is 13.6. The lowest BCUT2D eigenvalue weighted by atomic mass is 10.3. The van der Waals surface area contributed by atoms with Crippen molar-refractivity contribution in [2.24, 2.45) is 12.8 Å². The van der Waals surface area contributed by atoms with Crippen molar-refractivity contribution in [3.8, 4) is 0 Å². The molecule has 0 bridgehead atoms. The van der Waals surface area contributed by atoms with Crippen LogP contribution < -0.4 is 11.1 Å². The molecule has 0 unspecified atom stereocenters. The number of nitrogens with two attached hydrogens (primary N) is 1. The predicted octanol–water partition coefficient (Wildman–Crippen LogP) is 1.63.